The lowest BCUT2D eigenvalue weighted by atomic mass is 9.87. The molecule has 1 amide bonds. The summed E-state index contributed by atoms with van der Waals surface area (Å²) in [6.07, 6.45) is 8.04. The molecule has 1 fully saturated rings. The highest BCUT2D eigenvalue weighted by molar-refractivity contribution is 5.72. The first-order chi connectivity index (χ1) is 15.2. The van der Waals surface area contributed by atoms with E-state index in [1.807, 2.05) is 12.5 Å². The van der Waals surface area contributed by atoms with E-state index in [1.54, 1.807) is 13.8 Å². The van der Waals surface area contributed by atoms with Gasteiger partial charge in [0.2, 0.25) is 6.29 Å². The van der Waals surface area contributed by atoms with Crippen molar-refractivity contribution in [1.82, 2.24) is 14.9 Å². The van der Waals surface area contributed by atoms with Gasteiger partial charge in [-0.15, -0.1) is 0 Å². The van der Waals surface area contributed by atoms with Crippen LogP contribution in [0.3, 0.4) is 0 Å². The molecule has 2 rings (SSSR count). The van der Waals surface area contributed by atoms with Crippen LogP contribution in [0.25, 0.3) is 0 Å². The quantitative estimate of drug-likeness (QED) is 0.297. The Balaban J connectivity index is 1.72. The molecule has 2 atom stereocenters. The van der Waals surface area contributed by atoms with Gasteiger partial charge in [0.25, 0.3) is 0 Å². The van der Waals surface area contributed by atoms with Crippen LogP contribution in [0.4, 0.5) is 4.79 Å². The molecule has 1 heterocycles. The van der Waals surface area contributed by atoms with E-state index in [9.17, 15) is 19.5 Å². The number of hydrogen-bond acceptors (Lipinski definition) is 6. The van der Waals surface area contributed by atoms with Crippen molar-refractivity contribution in [2.24, 2.45) is 17.8 Å². The maximum atomic E-state index is 11.8. The third-order valence-electron chi connectivity index (χ3n) is 5.89. The van der Waals surface area contributed by atoms with Gasteiger partial charge in [0.1, 0.15) is 0 Å². The predicted molar refractivity (Wildman–Crippen MR) is 118 cm³/mol. The second kappa shape index (κ2) is 12.5. The zero-order chi connectivity index (χ0) is 23.7. The molecule has 9 heteroatoms. The van der Waals surface area contributed by atoms with Gasteiger partial charge in [-0.1, -0.05) is 20.8 Å². The van der Waals surface area contributed by atoms with Crippen LogP contribution in [0.1, 0.15) is 78.0 Å². The van der Waals surface area contributed by atoms with Crippen LogP contribution < -0.4 is 5.32 Å². The van der Waals surface area contributed by atoms with Gasteiger partial charge in [0.15, 0.2) is 0 Å². The number of hydrogen-bond donors (Lipinski definition) is 2. The van der Waals surface area contributed by atoms with Crippen molar-refractivity contribution in [1.29, 1.82) is 0 Å². The van der Waals surface area contributed by atoms with Crippen LogP contribution >= 0.6 is 0 Å². The number of aliphatic carboxylic acids is 1. The molecule has 0 aliphatic heterocycles. The number of esters is 1. The maximum Gasteiger partial charge on any atom is 0.410 e. The molecule has 0 spiro atoms. The number of carboxylic acid groups (broad SMARTS) is 1. The first-order valence-electron chi connectivity index (χ1n) is 11.6. The SMILES string of the molecule is CC(OC(=O)NCCCC(Cc1cn([C@H]2CC[C@H](C)CC2)cn1)C(=O)O)OC(=O)C(C)C. The van der Waals surface area contributed by atoms with Gasteiger partial charge in [0, 0.05) is 32.1 Å². The number of imidazole rings is 1. The Bertz CT molecular complexity index is 755. The third kappa shape index (κ3) is 8.51. The number of ether oxygens (including phenoxy) is 2. The van der Waals surface area contributed by atoms with Gasteiger partial charge in [-0.3, -0.25) is 9.59 Å². The number of carbonyl (C=O) groups is 3. The average molecular weight is 452 g/mol. The molecule has 1 aliphatic carbocycles. The molecule has 2 unspecified atom stereocenters. The Morgan fingerprint density at radius 2 is 1.88 bits per heavy atom. The van der Waals surface area contributed by atoms with Gasteiger partial charge >= 0.3 is 18.0 Å². The minimum atomic E-state index is -0.987. The molecule has 0 bridgehead atoms. The third-order valence-corrected chi connectivity index (χ3v) is 5.89. The van der Waals surface area contributed by atoms with Crippen LogP contribution in [-0.2, 0) is 25.5 Å². The number of carbonyl (C=O) groups excluding carboxylic acids is 2. The molecule has 1 aromatic heterocycles. The Morgan fingerprint density at radius 3 is 2.50 bits per heavy atom. The summed E-state index contributed by atoms with van der Waals surface area (Å²) < 4.78 is 12.1. The lowest BCUT2D eigenvalue weighted by Crippen LogP contribution is -2.32. The number of rotatable bonds is 11. The van der Waals surface area contributed by atoms with Crippen molar-refractivity contribution in [2.45, 2.75) is 85.0 Å². The van der Waals surface area contributed by atoms with Gasteiger partial charge in [-0.2, -0.15) is 0 Å². The van der Waals surface area contributed by atoms with Crippen molar-refractivity contribution in [3.05, 3.63) is 18.2 Å². The van der Waals surface area contributed by atoms with Gasteiger partial charge in [-0.05, 0) is 44.4 Å². The number of carboxylic acids is 1. The van der Waals surface area contributed by atoms with E-state index in [-0.39, 0.29) is 12.5 Å². The Morgan fingerprint density at radius 1 is 1.19 bits per heavy atom. The molecule has 0 radical (unpaired) electrons. The topological polar surface area (TPSA) is 120 Å². The van der Waals surface area contributed by atoms with Crippen molar-refractivity contribution >= 4 is 18.0 Å². The standard InChI is InChI=1S/C23H37N3O6/c1-15(2)22(29)31-17(4)32-23(30)24-11-5-6-18(21(27)28)12-19-13-26(14-25-19)20-9-7-16(3)8-10-20/h13-18,20H,5-12H2,1-4H3,(H,24,30)(H,27,28)/t16-,17?,18?,20-. The molecule has 1 saturated carbocycles. The first-order valence-corrected chi connectivity index (χ1v) is 11.6. The molecular formula is C23H37N3O6. The average Bonchev–Trinajstić information content (AvgIpc) is 3.19. The lowest BCUT2D eigenvalue weighted by Gasteiger charge is -2.26. The number of nitrogens with one attached hydrogen (secondary N) is 1. The van der Waals surface area contributed by atoms with Crippen molar-refractivity contribution in [3.8, 4) is 0 Å². The summed E-state index contributed by atoms with van der Waals surface area (Å²) in [7, 11) is 0. The highest BCUT2D eigenvalue weighted by Gasteiger charge is 2.23. The summed E-state index contributed by atoms with van der Waals surface area (Å²) in [5, 5.41) is 12.1. The zero-order valence-corrected chi connectivity index (χ0v) is 19.6. The summed E-state index contributed by atoms with van der Waals surface area (Å²) in [4.78, 5) is 39.4. The van der Waals surface area contributed by atoms with E-state index >= 15 is 0 Å². The predicted octanol–water partition coefficient (Wildman–Crippen LogP) is 3.93. The fourth-order valence-corrected chi connectivity index (χ4v) is 3.85. The highest BCUT2D eigenvalue weighted by atomic mass is 16.7. The van der Waals surface area contributed by atoms with Crippen molar-refractivity contribution < 1.29 is 29.0 Å². The second-order valence-corrected chi connectivity index (χ2v) is 9.10. The van der Waals surface area contributed by atoms with Crippen molar-refractivity contribution in [2.75, 3.05) is 6.54 Å². The molecule has 0 aromatic carbocycles. The Hall–Kier alpha value is -2.58. The van der Waals surface area contributed by atoms with E-state index in [2.05, 4.69) is 21.8 Å². The van der Waals surface area contributed by atoms with Crippen LogP contribution in [-0.4, -0.2) is 45.5 Å². The van der Waals surface area contributed by atoms with E-state index in [0.29, 0.717) is 25.3 Å². The van der Waals surface area contributed by atoms with Crippen LogP contribution in [0.5, 0.6) is 0 Å². The normalized spacial score (nSPS) is 20.4. The summed E-state index contributed by atoms with van der Waals surface area (Å²) in [6, 6.07) is 0.452. The van der Waals surface area contributed by atoms with Crippen molar-refractivity contribution in [3.63, 3.8) is 0 Å². The van der Waals surface area contributed by atoms with Gasteiger partial charge in [-0.25, -0.2) is 9.78 Å². The number of alkyl carbamates (subject to hydrolysis) is 1. The Kier molecular flexibility index (Phi) is 9.99. The molecule has 180 valence electrons. The Labute approximate surface area is 189 Å². The number of aromatic nitrogens is 2. The molecule has 2 N–H and O–H groups in total. The molecule has 1 aromatic rings. The summed E-state index contributed by atoms with van der Waals surface area (Å²) in [6.45, 7) is 7.39. The minimum Gasteiger partial charge on any atom is -0.481 e. The van der Waals surface area contributed by atoms with Crippen LogP contribution in [0.2, 0.25) is 0 Å². The molecular weight excluding hydrogens is 414 g/mol. The minimum absolute atomic E-state index is 0.266. The smallest absolute Gasteiger partial charge is 0.410 e. The zero-order valence-electron chi connectivity index (χ0n) is 19.6. The largest absolute Gasteiger partial charge is 0.481 e. The van der Waals surface area contributed by atoms with Gasteiger partial charge in [0.05, 0.1) is 23.9 Å². The lowest BCUT2D eigenvalue weighted by molar-refractivity contribution is -0.168. The molecule has 1 aliphatic rings. The monoisotopic (exact) mass is 451 g/mol. The second-order valence-electron chi connectivity index (χ2n) is 9.10. The van der Waals surface area contributed by atoms with E-state index < -0.39 is 30.2 Å². The number of amides is 1. The molecule has 32 heavy (non-hydrogen) atoms. The van der Waals surface area contributed by atoms with E-state index in [4.69, 9.17) is 9.47 Å². The number of nitrogens with zero attached hydrogens (tertiary/aromatic N) is 2. The fourth-order valence-electron chi connectivity index (χ4n) is 3.85. The van der Waals surface area contributed by atoms with Gasteiger partial charge < -0.3 is 24.5 Å². The molecule has 9 nitrogen and oxygen atoms in total. The van der Waals surface area contributed by atoms with Crippen LogP contribution in [0.15, 0.2) is 12.5 Å². The summed E-state index contributed by atoms with van der Waals surface area (Å²) in [5.41, 5.74) is 0.782. The summed E-state index contributed by atoms with van der Waals surface area (Å²) >= 11 is 0. The van der Waals surface area contributed by atoms with Crippen LogP contribution in [0, 0.1) is 17.8 Å². The maximum absolute atomic E-state index is 11.8. The first kappa shape index (κ1) is 25.7. The van der Waals surface area contributed by atoms with E-state index in [0.717, 1.165) is 24.5 Å². The molecule has 0 saturated heterocycles. The summed E-state index contributed by atoms with van der Waals surface area (Å²) in [5.74, 6) is -1.43. The highest BCUT2D eigenvalue weighted by Crippen LogP contribution is 2.31. The van der Waals surface area contributed by atoms with E-state index in [1.165, 1.54) is 19.8 Å². The fraction of sp³-hybridized carbons (Fsp3) is 0.739.